The first-order chi connectivity index (χ1) is 12.7. The van der Waals surface area contributed by atoms with Crippen molar-refractivity contribution in [1.29, 1.82) is 0 Å². The van der Waals surface area contributed by atoms with Gasteiger partial charge in [0.1, 0.15) is 10.9 Å². The lowest BCUT2D eigenvalue weighted by molar-refractivity contribution is 0.0792. The minimum atomic E-state index is 0.0973. The Balaban J connectivity index is 1.50. The van der Waals surface area contributed by atoms with Gasteiger partial charge in [0, 0.05) is 37.8 Å². The second-order valence-electron chi connectivity index (χ2n) is 6.91. The quantitative estimate of drug-likeness (QED) is 0.885. The largest absolute Gasteiger partial charge is 0.339 e. The lowest BCUT2D eigenvalue weighted by Crippen LogP contribution is -2.28. The Bertz CT molecular complexity index is 780. The van der Waals surface area contributed by atoms with Gasteiger partial charge in [0.2, 0.25) is 0 Å². The summed E-state index contributed by atoms with van der Waals surface area (Å²) in [5.41, 5.74) is 0.699. The first-order valence-corrected chi connectivity index (χ1v) is 10.1. The van der Waals surface area contributed by atoms with E-state index in [0.29, 0.717) is 11.5 Å². The third-order valence-electron chi connectivity index (χ3n) is 5.14. The average Bonchev–Trinajstić information content (AvgIpc) is 3.33. The minimum Gasteiger partial charge on any atom is -0.339 e. The lowest BCUT2D eigenvalue weighted by atomic mass is 9.97. The zero-order valence-electron chi connectivity index (χ0n) is 15.0. The van der Waals surface area contributed by atoms with Crippen molar-refractivity contribution < 1.29 is 4.79 Å². The standard InChI is InChI=1S/C18H24N6OS/c1-23-16(13-4-7-19-8-5-13)21-22-18(23)26-15-12-14(6-9-20-15)17(25)24-10-2-3-11-24/h6,9,12-13,19H,2-5,7-8,10-11H2,1H3. The molecule has 2 saturated heterocycles. The topological polar surface area (TPSA) is 75.9 Å². The molecule has 4 heterocycles. The Morgan fingerprint density at radius 3 is 2.77 bits per heavy atom. The van der Waals surface area contributed by atoms with Gasteiger partial charge >= 0.3 is 0 Å². The molecule has 2 aromatic heterocycles. The fraction of sp³-hybridized carbons (Fsp3) is 0.556. The van der Waals surface area contributed by atoms with E-state index < -0.39 is 0 Å². The van der Waals surface area contributed by atoms with Crippen LogP contribution in [0, 0.1) is 0 Å². The molecular formula is C18H24N6OS. The summed E-state index contributed by atoms with van der Waals surface area (Å²) in [5.74, 6) is 1.59. The second kappa shape index (κ2) is 7.75. The molecule has 0 spiro atoms. The van der Waals surface area contributed by atoms with Crippen molar-refractivity contribution in [2.75, 3.05) is 26.2 Å². The van der Waals surface area contributed by atoms with Crippen LogP contribution in [0.5, 0.6) is 0 Å². The fourth-order valence-corrected chi connectivity index (χ4v) is 4.44. The van der Waals surface area contributed by atoms with Crippen molar-refractivity contribution in [3.8, 4) is 0 Å². The molecule has 2 fully saturated rings. The van der Waals surface area contributed by atoms with E-state index in [1.165, 1.54) is 11.8 Å². The van der Waals surface area contributed by atoms with Crippen molar-refractivity contribution in [1.82, 2.24) is 30.0 Å². The van der Waals surface area contributed by atoms with E-state index in [1.807, 2.05) is 18.0 Å². The third-order valence-corrected chi connectivity index (χ3v) is 6.11. The van der Waals surface area contributed by atoms with Crippen LogP contribution in [0.3, 0.4) is 0 Å². The summed E-state index contributed by atoms with van der Waals surface area (Å²) in [4.78, 5) is 18.9. The number of aromatic nitrogens is 4. The molecule has 0 aromatic carbocycles. The molecule has 2 aliphatic heterocycles. The first kappa shape index (κ1) is 17.5. The molecular weight excluding hydrogens is 348 g/mol. The van der Waals surface area contributed by atoms with Gasteiger partial charge in [-0.05, 0) is 62.7 Å². The highest BCUT2D eigenvalue weighted by molar-refractivity contribution is 7.99. The minimum absolute atomic E-state index is 0.0973. The Kier molecular flexibility index (Phi) is 5.21. The van der Waals surface area contributed by atoms with Crippen molar-refractivity contribution in [3.63, 3.8) is 0 Å². The first-order valence-electron chi connectivity index (χ1n) is 9.25. The molecule has 8 heteroatoms. The number of likely N-dealkylation sites (tertiary alicyclic amines) is 1. The van der Waals surface area contributed by atoms with Crippen LogP contribution in [-0.4, -0.2) is 56.7 Å². The highest BCUT2D eigenvalue weighted by Crippen LogP contribution is 2.29. The van der Waals surface area contributed by atoms with Gasteiger partial charge in [-0.1, -0.05) is 0 Å². The lowest BCUT2D eigenvalue weighted by Gasteiger charge is -2.21. The summed E-state index contributed by atoms with van der Waals surface area (Å²) >= 11 is 1.47. The monoisotopic (exact) mass is 372 g/mol. The Labute approximate surface area is 157 Å². The number of piperidine rings is 1. The number of amides is 1. The van der Waals surface area contributed by atoms with Crippen molar-refractivity contribution in [3.05, 3.63) is 29.7 Å². The van der Waals surface area contributed by atoms with Crippen LogP contribution >= 0.6 is 11.8 Å². The van der Waals surface area contributed by atoms with Crippen LogP contribution in [0.4, 0.5) is 0 Å². The zero-order valence-corrected chi connectivity index (χ0v) is 15.8. The van der Waals surface area contributed by atoms with Gasteiger partial charge in [-0.15, -0.1) is 10.2 Å². The maximum Gasteiger partial charge on any atom is 0.254 e. The summed E-state index contributed by atoms with van der Waals surface area (Å²) in [7, 11) is 2.01. The summed E-state index contributed by atoms with van der Waals surface area (Å²) in [5, 5.41) is 13.8. The molecule has 138 valence electrons. The molecule has 1 N–H and O–H groups in total. The maximum absolute atomic E-state index is 12.6. The number of pyridine rings is 1. The maximum atomic E-state index is 12.6. The van der Waals surface area contributed by atoms with Gasteiger partial charge in [0.05, 0.1) is 0 Å². The van der Waals surface area contributed by atoms with Gasteiger partial charge in [-0.3, -0.25) is 4.79 Å². The van der Waals surface area contributed by atoms with Gasteiger partial charge < -0.3 is 14.8 Å². The van der Waals surface area contributed by atoms with E-state index in [-0.39, 0.29) is 5.91 Å². The summed E-state index contributed by atoms with van der Waals surface area (Å²) in [6.45, 7) is 3.77. The summed E-state index contributed by atoms with van der Waals surface area (Å²) in [6, 6.07) is 3.66. The normalized spacial score (nSPS) is 18.4. The molecule has 2 aliphatic rings. The molecule has 4 rings (SSSR count). The predicted octanol–water partition coefficient (Wildman–Crippen LogP) is 2.06. The summed E-state index contributed by atoms with van der Waals surface area (Å²) < 4.78 is 2.07. The fourth-order valence-electron chi connectivity index (χ4n) is 3.65. The van der Waals surface area contributed by atoms with Gasteiger partial charge in [0.15, 0.2) is 5.16 Å². The highest BCUT2D eigenvalue weighted by Gasteiger charge is 2.23. The van der Waals surface area contributed by atoms with E-state index in [4.69, 9.17) is 0 Å². The molecule has 0 saturated carbocycles. The van der Waals surface area contributed by atoms with Gasteiger partial charge in [-0.2, -0.15) is 0 Å². The van der Waals surface area contributed by atoms with Crippen LogP contribution in [0.15, 0.2) is 28.5 Å². The number of nitrogens with zero attached hydrogens (tertiary/aromatic N) is 5. The molecule has 0 aliphatic carbocycles. The van der Waals surface area contributed by atoms with E-state index in [9.17, 15) is 4.79 Å². The average molecular weight is 372 g/mol. The second-order valence-corrected chi connectivity index (χ2v) is 7.90. The van der Waals surface area contributed by atoms with E-state index in [1.54, 1.807) is 12.3 Å². The molecule has 7 nitrogen and oxygen atoms in total. The molecule has 0 bridgehead atoms. The van der Waals surface area contributed by atoms with Crippen LogP contribution < -0.4 is 5.32 Å². The third kappa shape index (κ3) is 3.61. The van der Waals surface area contributed by atoms with E-state index in [2.05, 4.69) is 25.1 Å². The van der Waals surface area contributed by atoms with Crippen molar-refractivity contribution in [2.45, 2.75) is 41.8 Å². The zero-order chi connectivity index (χ0) is 17.9. The van der Waals surface area contributed by atoms with Gasteiger partial charge in [-0.25, -0.2) is 4.98 Å². The van der Waals surface area contributed by atoms with Crippen LogP contribution in [0.25, 0.3) is 0 Å². The number of rotatable bonds is 4. The van der Waals surface area contributed by atoms with E-state index in [0.717, 1.165) is 67.9 Å². The number of carbonyl (C=O) groups is 1. The van der Waals surface area contributed by atoms with E-state index >= 15 is 0 Å². The van der Waals surface area contributed by atoms with Crippen molar-refractivity contribution >= 4 is 17.7 Å². The smallest absolute Gasteiger partial charge is 0.254 e. The van der Waals surface area contributed by atoms with Crippen LogP contribution in [-0.2, 0) is 7.05 Å². The SMILES string of the molecule is Cn1c(Sc2cc(C(=O)N3CCCC3)ccn2)nnc1C1CCNCC1. The number of hydrogen-bond acceptors (Lipinski definition) is 6. The Morgan fingerprint density at radius 1 is 1.23 bits per heavy atom. The van der Waals surface area contributed by atoms with Gasteiger partial charge in [0.25, 0.3) is 5.91 Å². The molecule has 1 amide bonds. The molecule has 0 unspecified atom stereocenters. The Morgan fingerprint density at radius 2 is 2.00 bits per heavy atom. The number of carbonyl (C=O) groups excluding carboxylic acids is 1. The molecule has 0 radical (unpaired) electrons. The highest BCUT2D eigenvalue weighted by atomic mass is 32.2. The number of nitrogens with one attached hydrogen (secondary N) is 1. The van der Waals surface area contributed by atoms with Crippen LogP contribution in [0.2, 0.25) is 0 Å². The Hall–Kier alpha value is -1.93. The van der Waals surface area contributed by atoms with Crippen LogP contribution in [0.1, 0.15) is 47.8 Å². The van der Waals surface area contributed by atoms with Crippen molar-refractivity contribution in [2.24, 2.45) is 7.05 Å². The number of hydrogen-bond donors (Lipinski definition) is 1. The molecule has 2 aromatic rings. The summed E-state index contributed by atoms with van der Waals surface area (Å²) in [6.07, 6.45) is 6.08. The molecule has 0 atom stereocenters. The molecule has 26 heavy (non-hydrogen) atoms. The predicted molar refractivity (Wildman–Crippen MR) is 99.3 cm³/mol.